The van der Waals surface area contributed by atoms with Gasteiger partial charge in [0.15, 0.2) is 5.65 Å². The van der Waals surface area contributed by atoms with E-state index < -0.39 is 12.4 Å². The topological polar surface area (TPSA) is 72.3 Å². The van der Waals surface area contributed by atoms with Crippen LogP contribution in [-0.2, 0) is 0 Å². The second-order valence-electron chi connectivity index (χ2n) is 5.00. The lowest BCUT2D eigenvalue weighted by Crippen LogP contribution is -1.98. The van der Waals surface area contributed by atoms with Gasteiger partial charge in [0.1, 0.15) is 11.5 Å². The summed E-state index contributed by atoms with van der Waals surface area (Å²) in [5.41, 5.74) is 2.10. The molecule has 0 radical (unpaired) electrons. The molecule has 0 aliphatic carbocycles. The van der Waals surface area contributed by atoms with Gasteiger partial charge in [0.25, 0.3) is 0 Å². The van der Waals surface area contributed by atoms with E-state index in [4.69, 9.17) is 0 Å². The van der Waals surface area contributed by atoms with Crippen LogP contribution in [0.15, 0.2) is 43.0 Å². The first-order chi connectivity index (χ1) is 11.6. The van der Waals surface area contributed by atoms with Crippen molar-refractivity contribution in [3.63, 3.8) is 0 Å². The van der Waals surface area contributed by atoms with Crippen LogP contribution in [0.25, 0.3) is 33.5 Å². The molecule has 6 nitrogen and oxygen atoms in total. The summed E-state index contributed by atoms with van der Waals surface area (Å²) in [7, 11) is 0. The number of aromatic nitrogens is 6. The Bertz CT molecular complexity index is 1010. The fraction of sp³-hybridized carbons (Fsp3) is 0.0667. The summed E-state index contributed by atoms with van der Waals surface area (Å²) in [5.74, 6) is -0.519. The number of halogens is 3. The average molecular weight is 330 g/mol. The number of aromatic amines is 1. The number of hydrogen-bond acceptors (Lipinski definition) is 4. The molecule has 0 aliphatic rings. The van der Waals surface area contributed by atoms with Crippen LogP contribution < -0.4 is 0 Å². The van der Waals surface area contributed by atoms with E-state index in [0.717, 1.165) is 6.20 Å². The summed E-state index contributed by atoms with van der Waals surface area (Å²) in [6.07, 6.45) is 5.34. The van der Waals surface area contributed by atoms with Gasteiger partial charge in [0, 0.05) is 23.3 Å². The van der Waals surface area contributed by atoms with Crippen molar-refractivity contribution in [1.29, 1.82) is 0 Å². The summed E-state index contributed by atoms with van der Waals surface area (Å²) < 4.78 is 39.8. The van der Waals surface area contributed by atoms with Gasteiger partial charge in [-0.05, 0) is 23.8 Å². The zero-order valence-electron chi connectivity index (χ0n) is 12.0. The lowest BCUT2D eigenvalue weighted by atomic mass is 10.0. The van der Waals surface area contributed by atoms with Crippen molar-refractivity contribution < 1.29 is 13.2 Å². The van der Waals surface area contributed by atoms with E-state index in [-0.39, 0.29) is 5.69 Å². The lowest BCUT2D eigenvalue weighted by Gasteiger charge is -2.03. The maximum absolute atomic E-state index is 13.1. The van der Waals surface area contributed by atoms with Crippen molar-refractivity contribution in [2.24, 2.45) is 0 Å². The molecule has 0 bridgehead atoms. The Morgan fingerprint density at radius 2 is 1.92 bits per heavy atom. The molecule has 0 saturated carbocycles. The smallest absolute Gasteiger partial charge is 0.261 e. The predicted octanol–water partition coefficient (Wildman–Crippen LogP) is 3.42. The zero-order chi connectivity index (χ0) is 16.7. The van der Waals surface area contributed by atoms with Crippen molar-refractivity contribution in [3.8, 4) is 22.5 Å². The van der Waals surface area contributed by atoms with E-state index in [9.17, 15) is 13.2 Å². The van der Waals surface area contributed by atoms with Crippen LogP contribution >= 0.6 is 0 Å². The fourth-order valence-electron chi connectivity index (χ4n) is 2.48. The van der Waals surface area contributed by atoms with Crippen LogP contribution in [0.1, 0.15) is 6.55 Å². The van der Waals surface area contributed by atoms with Gasteiger partial charge in [-0.15, -0.1) is 0 Å². The Balaban J connectivity index is 1.97. The first-order valence-corrected chi connectivity index (χ1v) is 6.91. The van der Waals surface area contributed by atoms with E-state index in [2.05, 4.69) is 25.3 Å². The summed E-state index contributed by atoms with van der Waals surface area (Å²) in [6.45, 7) is -2.81. The molecule has 24 heavy (non-hydrogen) atoms. The predicted molar refractivity (Wildman–Crippen MR) is 79.6 cm³/mol. The van der Waals surface area contributed by atoms with Gasteiger partial charge in [0.2, 0.25) is 0 Å². The summed E-state index contributed by atoms with van der Waals surface area (Å²) in [4.78, 5) is 8.06. The molecule has 0 aliphatic heterocycles. The first kappa shape index (κ1) is 14.4. The SMILES string of the molecule is Fc1ccc(-c2nn(C(F)F)cc2-c2ccnc3[nH]ncc23)nc1. The van der Waals surface area contributed by atoms with E-state index in [1.807, 2.05) is 0 Å². The normalized spacial score (nSPS) is 11.5. The molecule has 0 unspecified atom stereocenters. The molecule has 0 spiro atoms. The molecule has 0 amide bonds. The molecule has 120 valence electrons. The van der Waals surface area contributed by atoms with E-state index in [0.29, 0.717) is 32.5 Å². The Kier molecular flexibility index (Phi) is 3.26. The van der Waals surface area contributed by atoms with Gasteiger partial charge in [-0.3, -0.25) is 10.1 Å². The second kappa shape index (κ2) is 5.44. The lowest BCUT2D eigenvalue weighted by molar-refractivity contribution is 0.0569. The largest absolute Gasteiger partial charge is 0.333 e. The third-order valence-corrected chi connectivity index (χ3v) is 3.55. The summed E-state index contributed by atoms with van der Waals surface area (Å²) >= 11 is 0. The standard InChI is InChI=1S/C15H9F3N6/c16-8-1-2-12(20-5-8)13-11(7-24(23-13)15(17)18)9-3-4-19-14-10(9)6-21-22-14/h1-7,15H,(H,19,21,22). The summed E-state index contributed by atoms with van der Waals surface area (Å²) in [5, 5.41) is 11.2. The molecule has 4 rings (SSSR count). The molecule has 4 aromatic heterocycles. The third kappa shape index (κ3) is 2.30. The highest BCUT2D eigenvalue weighted by Gasteiger charge is 2.20. The minimum absolute atomic E-state index is 0.226. The average Bonchev–Trinajstić information content (AvgIpc) is 3.22. The van der Waals surface area contributed by atoms with Crippen molar-refractivity contribution in [2.45, 2.75) is 6.55 Å². The molecule has 1 N–H and O–H groups in total. The van der Waals surface area contributed by atoms with E-state index >= 15 is 0 Å². The minimum atomic E-state index is -2.81. The van der Waals surface area contributed by atoms with Gasteiger partial charge in [-0.2, -0.15) is 19.0 Å². The number of pyridine rings is 2. The highest BCUT2D eigenvalue weighted by molar-refractivity contribution is 5.95. The quantitative estimate of drug-likeness (QED) is 0.625. The van der Waals surface area contributed by atoms with Gasteiger partial charge >= 0.3 is 6.55 Å². The van der Waals surface area contributed by atoms with Crippen LogP contribution in [0.4, 0.5) is 13.2 Å². The molecule has 9 heteroatoms. The Morgan fingerprint density at radius 3 is 2.67 bits per heavy atom. The maximum atomic E-state index is 13.1. The summed E-state index contributed by atoms with van der Waals surface area (Å²) in [6, 6.07) is 4.27. The number of alkyl halides is 2. The highest BCUT2D eigenvalue weighted by Crippen LogP contribution is 2.34. The number of hydrogen-bond donors (Lipinski definition) is 1. The molecular formula is C15H9F3N6. The molecule has 0 atom stereocenters. The molecule has 0 aromatic carbocycles. The molecule has 4 heterocycles. The zero-order valence-corrected chi connectivity index (χ0v) is 12.0. The molecule has 0 fully saturated rings. The van der Waals surface area contributed by atoms with Crippen LogP contribution in [0.3, 0.4) is 0 Å². The van der Waals surface area contributed by atoms with Crippen LogP contribution in [-0.4, -0.2) is 29.9 Å². The minimum Gasteiger partial charge on any atom is -0.261 e. The third-order valence-electron chi connectivity index (χ3n) is 3.55. The molecule has 4 aromatic rings. The van der Waals surface area contributed by atoms with Crippen molar-refractivity contribution in [3.05, 3.63) is 48.8 Å². The second-order valence-corrected chi connectivity index (χ2v) is 5.00. The van der Waals surface area contributed by atoms with Gasteiger partial charge in [0.05, 0.1) is 18.1 Å². The Hall–Kier alpha value is -3.23. The monoisotopic (exact) mass is 330 g/mol. The molecule has 0 saturated heterocycles. The van der Waals surface area contributed by atoms with Gasteiger partial charge in [-0.25, -0.2) is 14.1 Å². The van der Waals surface area contributed by atoms with E-state index in [1.165, 1.54) is 24.5 Å². The molecular weight excluding hydrogens is 321 g/mol. The van der Waals surface area contributed by atoms with Crippen molar-refractivity contribution in [2.75, 3.05) is 0 Å². The van der Waals surface area contributed by atoms with Crippen LogP contribution in [0.5, 0.6) is 0 Å². The number of nitrogens with zero attached hydrogens (tertiary/aromatic N) is 5. The number of rotatable bonds is 3. The first-order valence-electron chi connectivity index (χ1n) is 6.91. The fourth-order valence-corrected chi connectivity index (χ4v) is 2.48. The van der Waals surface area contributed by atoms with Crippen LogP contribution in [0.2, 0.25) is 0 Å². The number of fused-ring (bicyclic) bond motifs is 1. The van der Waals surface area contributed by atoms with Crippen molar-refractivity contribution >= 4 is 11.0 Å². The van der Waals surface area contributed by atoms with E-state index in [1.54, 1.807) is 12.3 Å². The Morgan fingerprint density at radius 1 is 1.04 bits per heavy atom. The number of H-pyrrole nitrogens is 1. The Labute approximate surface area is 133 Å². The maximum Gasteiger partial charge on any atom is 0.333 e. The number of nitrogens with one attached hydrogen (secondary N) is 1. The van der Waals surface area contributed by atoms with Gasteiger partial charge in [-0.1, -0.05) is 0 Å². The highest BCUT2D eigenvalue weighted by atomic mass is 19.3. The van der Waals surface area contributed by atoms with Crippen molar-refractivity contribution in [1.82, 2.24) is 29.9 Å². The van der Waals surface area contributed by atoms with Gasteiger partial charge < -0.3 is 0 Å². The van der Waals surface area contributed by atoms with Crippen LogP contribution in [0, 0.1) is 5.82 Å².